The Morgan fingerprint density at radius 3 is 2.45 bits per heavy atom. The van der Waals surface area contributed by atoms with Crippen LogP contribution in [-0.4, -0.2) is 38.1 Å². The number of nitrogen functional groups attached to an aromatic ring is 1. The zero-order chi connectivity index (χ0) is 28.8. The van der Waals surface area contributed by atoms with E-state index in [0.29, 0.717) is 23.0 Å². The zero-order valence-electron chi connectivity index (χ0n) is 23.8. The van der Waals surface area contributed by atoms with Crippen molar-refractivity contribution in [3.63, 3.8) is 0 Å². The number of hydrogen-bond donors (Lipinski definition) is 3. The first-order chi connectivity index (χ1) is 19.7. The summed E-state index contributed by atoms with van der Waals surface area (Å²) in [5.74, 6) is 0.803. The van der Waals surface area contributed by atoms with Gasteiger partial charge < -0.3 is 21.5 Å². The number of nitrogens with one attached hydrogen (secondary N) is 1. The second-order valence-electron chi connectivity index (χ2n) is 11.1. The molecule has 0 aliphatic heterocycles. The number of hydrogen-bond acceptors (Lipinski definition) is 7. The number of ether oxygens (including phenoxy) is 1. The molecule has 0 spiro atoms. The van der Waals surface area contributed by atoms with Gasteiger partial charge in [0.15, 0.2) is 11.5 Å². The van der Waals surface area contributed by atoms with Gasteiger partial charge in [0.2, 0.25) is 0 Å². The molecule has 2 aromatic carbocycles. The third-order valence-corrected chi connectivity index (χ3v) is 8.00. The van der Waals surface area contributed by atoms with Gasteiger partial charge in [0.25, 0.3) is 5.91 Å². The number of anilines is 2. The van der Waals surface area contributed by atoms with E-state index in [1.807, 2.05) is 53.1 Å². The molecule has 3 heterocycles. The number of rotatable bonds is 7. The van der Waals surface area contributed by atoms with Crippen molar-refractivity contribution in [2.24, 2.45) is 5.73 Å². The topological polar surface area (TPSA) is 134 Å². The molecule has 0 bridgehead atoms. The largest absolute Gasteiger partial charge is 0.383 e. The molecule has 0 radical (unpaired) electrons. The molecule has 1 fully saturated rings. The Bertz CT molecular complexity index is 1760. The minimum Gasteiger partial charge on any atom is -0.383 e. The Labute approximate surface area is 250 Å². The van der Waals surface area contributed by atoms with Crippen LogP contribution in [-0.2, 0) is 15.1 Å². The lowest BCUT2D eigenvalue weighted by Gasteiger charge is -2.38. The van der Waals surface area contributed by atoms with Crippen LogP contribution in [0.2, 0.25) is 0 Å². The van der Waals surface area contributed by atoms with E-state index in [1.54, 1.807) is 20.0 Å². The molecule has 1 aliphatic carbocycles. The lowest BCUT2D eigenvalue weighted by molar-refractivity contribution is -0.133. The highest BCUT2D eigenvalue weighted by atomic mass is 35.5. The fourth-order valence-electron chi connectivity index (χ4n) is 5.07. The van der Waals surface area contributed by atoms with Gasteiger partial charge in [0, 0.05) is 35.8 Å². The van der Waals surface area contributed by atoms with Crippen LogP contribution in [0.25, 0.3) is 39.5 Å². The van der Waals surface area contributed by atoms with Crippen molar-refractivity contribution in [3.8, 4) is 28.3 Å². The first kappa shape index (κ1) is 29.2. The van der Waals surface area contributed by atoms with Crippen molar-refractivity contribution in [3.05, 3.63) is 84.6 Å². The Balaban J connectivity index is 0.00000353. The van der Waals surface area contributed by atoms with Crippen molar-refractivity contribution in [1.82, 2.24) is 19.5 Å². The Morgan fingerprint density at radius 2 is 1.79 bits per heavy atom. The van der Waals surface area contributed by atoms with Crippen LogP contribution in [0.1, 0.15) is 38.7 Å². The number of aromatic nitrogens is 4. The van der Waals surface area contributed by atoms with Crippen LogP contribution in [0.5, 0.6) is 0 Å². The zero-order valence-corrected chi connectivity index (χ0v) is 24.6. The molecule has 0 unspecified atom stereocenters. The summed E-state index contributed by atoms with van der Waals surface area (Å²) in [6.45, 7) is 3.45. The fourth-order valence-corrected chi connectivity index (χ4v) is 5.07. The van der Waals surface area contributed by atoms with Crippen LogP contribution in [0.15, 0.2) is 79.0 Å². The van der Waals surface area contributed by atoms with E-state index >= 15 is 0 Å². The highest BCUT2D eigenvalue weighted by molar-refractivity contribution is 5.97. The molecule has 9 nitrogen and oxygen atoms in total. The molecule has 0 atom stereocenters. The number of benzene rings is 2. The van der Waals surface area contributed by atoms with E-state index < -0.39 is 5.60 Å². The maximum absolute atomic E-state index is 12.7. The van der Waals surface area contributed by atoms with Crippen molar-refractivity contribution in [2.45, 2.75) is 44.2 Å². The molecule has 216 valence electrons. The highest BCUT2D eigenvalue weighted by Crippen LogP contribution is 2.39. The maximum atomic E-state index is 12.7. The summed E-state index contributed by atoms with van der Waals surface area (Å²) in [4.78, 5) is 27.0. The first-order valence-corrected chi connectivity index (χ1v) is 13.7. The number of fused-ring (bicyclic) bond motifs is 1. The number of nitrogens with zero attached hydrogens (tertiary/aromatic N) is 4. The standard InChI is InChI=1S/C32H33N7O2.ClH/c1-31(2,41-3)30(40)36-22-8-4-7-20(19-22)25-14-15-26-29(37-25)39(28(38-26)24-9-5-18-35-27(24)33)23-12-10-21(11-13-23)32(34)16-6-17-32;/h4-5,7-15,18-19H,6,16-17,34H2,1-3H3,(H2,33,35)(H,36,40);1H. The van der Waals surface area contributed by atoms with Gasteiger partial charge in [-0.3, -0.25) is 9.36 Å². The molecule has 6 rings (SSSR count). The number of carbonyl (C=O) groups is 1. The summed E-state index contributed by atoms with van der Waals surface area (Å²) in [7, 11) is 1.51. The fraction of sp³-hybridized carbons (Fsp3) is 0.250. The number of carbonyl (C=O) groups excluding carboxylic acids is 1. The lowest BCUT2D eigenvalue weighted by atomic mass is 9.73. The summed E-state index contributed by atoms with van der Waals surface area (Å²) in [6.07, 6.45) is 4.79. The van der Waals surface area contributed by atoms with E-state index in [-0.39, 0.29) is 23.9 Å². The Kier molecular flexibility index (Phi) is 7.76. The van der Waals surface area contributed by atoms with Gasteiger partial charge in [0.1, 0.15) is 16.9 Å². The summed E-state index contributed by atoms with van der Waals surface area (Å²) < 4.78 is 7.32. The molecule has 1 amide bonds. The summed E-state index contributed by atoms with van der Waals surface area (Å²) >= 11 is 0. The highest BCUT2D eigenvalue weighted by Gasteiger charge is 2.34. The molecule has 42 heavy (non-hydrogen) atoms. The van der Waals surface area contributed by atoms with E-state index in [1.165, 1.54) is 7.11 Å². The minimum absolute atomic E-state index is 0. The van der Waals surface area contributed by atoms with Crippen molar-refractivity contribution < 1.29 is 9.53 Å². The van der Waals surface area contributed by atoms with E-state index in [4.69, 9.17) is 26.2 Å². The van der Waals surface area contributed by atoms with Crippen LogP contribution in [0.4, 0.5) is 11.5 Å². The number of methoxy groups -OCH3 is 1. The SMILES string of the molecule is COC(C)(C)C(=O)Nc1cccc(-c2ccc3nc(-c4cccnc4N)n(-c4ccc(C5(N)CCC5)cc4)c3n2)c1.Cl. The predicted molar refractivity (Wildman–Crippen MR) is 169 cm³/mol. The number of pyridine rings is 2. The van der Waals surface area contributed by atoms with Crippen LogP contribution in [0, 0.1) is 0 Å². The van der Waals surface area contributed by atoms with Gasteiger partial charge in [-0.1, -0.05) is 24.3 Å². The first-order valence-electron chi connectivity index (χ1n) is 13.7. The van der Waals surface area contributed by atoms with Gasteiger partial charge in [-0.25, -0.2) is 15.0 Å². The predicted octanol–water partition coefficient (Wildman–Crippen LogP) is 5.85. The molecule has 0 saturated heterocycles. The van der Waals surface area contributed by atoms with E-state index in [0.717, 1.165) is 52.9 Å². The Hall–Kier alpha value is -4.31. The van der Waals surface area contributed by atoms with Gasteiger partial charge in [-0.05, 0) is 87.2 Å². The number of imidazole rings is 1. The average molecular weight is 584 g/mol. The number of nitrogens with two attached hydrogens (primary N) is 2. The molecule has 10 heteroatoms. The molecule has 1 saturated carbocycles. The van der Waals surface area contributed by atoms with Crippen molar-refractivity contribution >= 4 is 41.0 Å². The van der Waals surface area contributed by atoms with E-state index in [9.17, 15) is 4.79 Å². The molecular weight excluding hydrogens is 550 g/mol. The number of amides is 1. The maximum Gasteiger partial charge on any atom is 0.256 e. The summed E-state index contributed by atoms with van der Waals surface area (Å²) in [6, 6.07) is 23.5. The Morgan fingerprint density at radius 1 is 1.02 bits per heavy atom. The van der Waals surface area contributed by atoms with Crippen molar-refractivity contribution in [2.75, 3.05) is 18.2 Å². The third kappa shape index (κ3) is 5.22. The normalized spacial score (nSPS) is 14.2. The molecule has 1 aliphatic rings. The van der Waals surface area contributed by atoms with Gasteiger partial charge in [-0.15, -0.1) is 12.4 Å². The molecule has 5 N–H and O–H groups in total. The second kappa shape index (κ2) is 11.2. The van der Waals surface area contributed by atoms with Crippen LogP contribution >= 0.6 is 12.4 Å². The number of halogens is 1. The molecular formula is C32H34ClN7O2. The van der Waals surface area contributed by atoms with E-state index in [2.05, 4.69) is 34.6 Å². The quantitative estimate of drug-likeness (QED) is 0.219. The minimum atomic E-state index is -0.956. The van der Waals surface area contributed by atoms with Crippen LogP contribution < -0.4 is 16.8 Å². The van der Waals surface area contributed by atoms with Crippen molar-refractivity contribution in [1.29, 1.82) is 0 Å². The lowest BCUT2D eigenvalue weighted by Crippen LogP contribution is -2.43. The average Bonchev–Trinajstić information content (AvgIpc) is 3.35. The third-order valence-electron chi connectivity index (χ3n) is 8.00. The van der Waals surface area contributed by atoms with Gasteiger partial charge in [0.05, 0.1) is 11.3 Å². The summed E-state index contributed by atoms with van der Waals surface area (Å²) in [5.41, 5.74) is 18.1. The molecule has 5 aromatic rings. The monoisotopic (exact) mass is 583 g/mol. The summed E-state index contributed by atoms with van der Waals surface area (Å²) in [5, 5.41) is 2.94. The van der Waals surface area contributed by atoms with Gasteiger partial charge in [-0.2, -0.15) is 0 Å². The smallest absolute Gasteiger partial charge is 0.256 e. The van der Waals surface area contributed by atoms with Gasteiger partial charge >= 0.3 is 0 Å². The second-order valence-corrected chi connectivity index (χ2v) is 11.1. The molecule has 3 aromatic heterocycles. The van der Waals surface area contributed by atoms with Crippen LogP contribution in [0.3, 0.4) is 0 Å².